The van der Waals surface area contributed by atoms with Crippen molar-refractivity contribution in [1.82, 2.24) is 0 Å². The first-order valence-electron chi connectivity index (χ1n) is 22.6. The van der Waals surface area contributed by atoms with E-state index in [-0.39, 0.29) is 12.7 Å². The second kappa shape index (κ2) is 33.0. The average Bonchev–Trinajstić information content (AvgIpc) is 3.04. The molecule has 0 fully saturated rings. The summed E-state index contributed by atoms with van der Waals surface area (Å²) in [6, 6.07) is 0. The summed E-state index contributed by atoms with van der Waals surface area (Å²) in [4.78, 5) is 0. The summed E-state index contributed by atoms with van der Waals surface area (Å²) in [5.74, 6) is 6.39. The molecule has 0 aromatic carbocycles. The van der Waals surface area contributed by atoms with E-state index in [0.717, 1.165) is 74.2 Å². The standard InChI is InChI=1S/C46H94O5S/c1-38(2)19-12-21-40(5)23-14-25-42(7)27-16-29-44(9)32-35-49-37-46(31-18-34-51-52(11,47)48)50-36-33-45(10)30-17-28-43(8)26-15-24-41(6)22-13-20-39(3)4/h38-46H,12-37H2,1-11H3. The highest BCUT2D eigenvalue weighted by Crippen LogP contribution is 2.24. The van der Waals surface area contributed by atoms with Crippen molar-refractivity contribution in [2.45, 2.75) is 217 Å². The lowest BCUT2D eigenvalue weighted by molar-refractivity contribution is -0.0284. The van der Waals surface area contributed by atoms with E-state index in [2.05, 4.69) is 69.2 Å². The van der Waals surface area contributed by atoms with Gasteiger partial charge in [-0.2, -0.15) is 8.42 Å². The van der Waals surface area contributed by atoms with Crippen molar-refractivity contribution in [2.24, 2.45) is 47.3 Å². The molecule has 0 aliphatic heterocycles. The maximum Gasteiger partial charge on any atom is 0.264 e. The fourth-order valence-electron chi connectivity index (χ4n) is 7.55. The van der Waals surface area contributed by atoms with Gasteiger partial charge < -0.3 is 9.47 Å². The molecule has 0 saturated carbocycles. The van der Waals surface area contributed by atoms with Gasteiger partial charge in [0.15, 0.2) is 0 Å². The van der Waals surface area contributed by atoms with E-state index in [1.54, 1.807) is 0 Å². The summed E-state index contributed by atoms with van der Waals surface area (Å²) >= 11 is 0. The molecule has 5 nitrogen and oxygen atoms in total. The zero-order valence-electron chi connectivity index (χ0n) is 37.0. The van der Waals surface area contributed by atoms with E-state index in [0.29, 0.717) is 24.9 Å². The Bertz CT molecular complexity index is 874. The van der Waals surface area contributed by atoms with E-state index in [1.807, 2.05) is 0 Å². The van der Waals surface area contributed by atoms with Crippen LogP contribution in [0.25, 0.3) is 0 Å². The van der Waals surface area contributed by atoms with E-state index in [9.17, 15) is 8.42 Å². The molecule has 0 aliphatic rings. The second-order valence-corrected chi connectivity index (χ2v) is 20.5. The maximum atomic E-state index is 11.4. The Labute approximate surface area is 327 Å². The number of ether oxygens (including phenoxy) is 2. The molecule has 0 aromatic heterocycles. The van der Waals surface area contributed by atoms with E-state index < -0.39 is 10.1 Å². The lowest BCUT2D eigenvalue weighted by atomic mass is 9.91. The molecule has 0 rings (SSSR count). The third-order valence-electron chi connectivity index (χ3n) is 11.5. The molecule has 0 amide bonds. The molecular weight excluding hydrogens is 665 g/mol. The molecule has 0 heterocycles. The Hall–Kier alpha value is -0.170. The maximum absolute atomic E-state index is 11.4. The van der Waals surface area contributed by atoms with Crippen molar-refractivity contribution in [3.63, 3.8) is 0 Å². The van der Waals surface area contributed by atoms with Crippen molar-refractivity contribution in [1.29, 1.82) is 0 Å². The number of hydrogen-bond donors (Lipinski definition) is 0. The van der Waals surface area contributed by atoms with Gasteiger partial charge in [-0.3, -0.25) is 4.18 Å². The predicted octanol–water partition coefficient (Wildman–Crippen LogP) is 14.1. The van der Waals surface area contributed by atoms with Gasteiger partial charge in [0.2, 0.25) is 0 Å². The Morgan fingerprint density at radius 3 is 1.06 bits per heavy atom. The van der Waals surface area contributed by atoms with Crippen LogP contribution in [0.3, 0.4) is 0 Å². The van der Waals surface area contributed by atoms with Crippen LogP contribution in [0, 0.1) is 47.3 Å². The first kappa shape index (κ1) is 51.8. The van der Waals surface area contributed by atoms with Crippen LogP contribution in [-0.4, -0.2) is 47.2 Å². The summed E-state index contributed by atoms with van der Waals surface area (Å²) in [7, 11) is -3.41. The highest BCUT2D eigenvalue weighted by molar-refractivity contribution is 7.85. The molecule has 0 aromatic rings. The molecule has 0 aliphatic carbocycles. The molecular formula is C46H94O5S. The van der Waals surface area contributed by atoms with Crippen molar-refractivity contribution in [3.8, 4) is 0 Å². The van der Waals surface area contributed by atoms with Crippen LogP contribution in [0.1, 0.15) is 210 Å². The van der Waals surface area contributed by atoms with Crippen LogP contribution in [0.15, 0.2) is 0 Å². The largest absolute Gasteiger partial charge is 0.379 e. The Morgan fingerprint density at radius 2 is 0.712 bits per heavy atom. The van der Waals surface area contributed by atoms with Gasteiger partial charge in [0.25, 0.3) is 10.1 Å². The smallest absolute Gasteiger partial charge is 0.264 e. The van der Waals surface area contributed by atoms with Crippen molar-refractivity contribution >= 4 is 10.1 Å². The predicted molar refractivity (Wildman–Crippen MR) is 228 cm³/mol. The Morgan fingerprint density at radius 1 is 0.385 bits per heavy atom. The molecule has 52 heavy (non-hydrogen) atoms. The number of rotatable bonds is 38. The first-order chi connectivity index (χ1) is 24.6. The molecule has 6 heteroatoms. The molecule has 7 unspecified atom stereocenters. The van der Waals surface area contributed by atoms with Crippen LogP contribution in [0.4, 0.5) is 0 Å². The lowest BCUT2D eigenvalue weighted by Crippen LogP contribution is -2.23. The highest BCUT2D eigenvalue weighted by Gasteiger charge is 2.14. The van der Waals surface area contributed by atoms with Gasteiger partial charge in [-0.1, -0.05) is 185 Å². The molecule has 7 atom stereocenters. The van der Waals surface area contributed by atoms with E-state index in [4.69, 9.17) is 13.7 Å². The van der Waals surface area contributed by atoms with Crippen LogP contribution in [-0.2, 0) is 23.8 Å². The zero-order valence-corrected chi connectivity index (χ0v) is 37.8. The zero-order chi connectivity index (χ0) is 39.2. The summed E-state index contributed by atoms with van der Waals surface area (Å²) in [6.07, 6.45) is 29.1. The highest BCUT2D eigenvalue weighted by atomic mass is 32.2. The SMILES string of the molecule is CC(C)CCCC(C)CCCC(C)CCCC(C)CCOCC(CCCOS(C)(=O)=O)OCCC(C)CCCC(C)CCCC(C)CCCC(C)C. The third kappa shape index (κ3) is 36.8. The Kier molecular flexibility index (Phi) is 32.9. The summed E-state index contributed by atoms with van der Waals surface area (Å²) in [5, 5.41) is 0. The minimum absolute atomic E-state index is 0.0165. The Balaban J connectivity index is 4.26. The van der Waals surface area contributed by atoms with Gasteiger partial charge in [0, 0.05) is 13.2 Å². The van der Waals surface area contributed by atoms with Gasteiger partial charge in [-0.05, 0) is 73.0 Å². The fraction of sp³-hybridized carbons (Fsp3) is 1.00. The van der Waals surface area contributed by atoms with Gasteiger partial charge in [0.05, 0.1) is 25.6 Å². The minimum Gasteiger partial charge on any atom is -0.379 e. The number of hydrogen-bond acceptors (Lipinski definition) is 5. The van der Waals surface area contributed by atoms with Gasteiger partial charge in [-0.15, -0.1) is 0 Å². The molecule has 0 bridgehead atoms. The topological polar surface area (TPSA) is 61.8 Å². The van der Waals surface area contributed by atoms with Crippen LogP contribution in [0.2, 0.25) is 0 Å². The molecule has 314 valence electrons. The molecule has 0 spiro atoms. The minimum atomic E-state index is -3.41. The van der Waals surface area contributed by atoms with Crippen molar-refractivity contribution in [3.05, 3.63) is 0 Å². The molecule has 0 saturated heterocycles. The van der Waals surface area contributed by atoms with E-state index in [1.165, 1.54) is 116 Å². The molecule has 0 N–H and O–H groups in total. The third-order valence-corrected chi connectivity index (χ3v) is 12.1. The van der Waals surface area contributed by atoms with Crippen LogP contribution < -0.4 is 0 Å². The van der Waals surface area contributed by atoms with Crippen LogP contribution in [0.5, 0.6) is 0 Å². The quantitative estimate of drug-likeness (QED) is 0.0463. The van der Waals surface area contributed by atoms with Gasteiger partial charge in [-0.25, -0.2) is 0 Å². The molecule has 0 radical (unpaired) electrons. The van der Waals surface area contributed by atoms with Crippen LogP contribution >= 0.6 is 0 Å². The summed E-state index contributed by atoms with van der Waals surface area (Å²) in [5.41, 5.74) is 0. The summed E-state index contributed by atoms with van der Waals surface area (Å²) in [6.45, 7) is 26.1. The first-order valence-corrected chi connectivity index (χ1v) is 24.4. The van der Waals surface area contributed by atoms with E-state index >= 15 is 0 Å². The fourth-order valence-corrected chi connectivity index (χ4v) is 7.97. The lowest BCUT2D eigenvalue weighted by Gasteiger charge is -2.21. The average molecular weight is 759 g/mol. The monoisotopic (exact) mass is 759 g/mol. The van der Waals surface area contributed by atoms with Gasteiger partial charge in [0.1, 0.15) is 0 Å². The second-order valence-electron chi connectivity index (χ2n) is 18.8. The van der Waals surface area contributed by atoms with Crippen molar-refractivity contribution in [2.75, 3.05) is 32.7 Å². The summed E-state index contributed by atoms with van der Waals surface area (Å²) < 4.78 is 40.3. The van der Waals surface area contributed by atoms with Gasteiger partial charge >= 0.3 is 0 Å². The normalized spacial score (nSPS) is 16.6. The van der Waals surface area contributed by atoms with Crippen molar-refractivity contribution < 1.29 is 22.1 Å².